The number of nitrogens with one attached hydrogen (secondary N) is 1. The monoisotopic (exact) mass is 371 g/mol. The van der Waals surface area contributed by atoms with Crippen molar-refractivity contribution in [2.75, 3.05) is 44.7 Å². The maximum Gasteiger partial charge on any atom is 0.123 e. The molecule has 1 aliphatic heterocycles. The van der Waals surface area contributed by atoms with Gasteiger partial charge in [0.25, 0.3) is 0 Å². The van der Waals surface area contributed by atoms with E-state index < -0.39 is 0 Å². The fourth-order valence-corrected chi connectivity index (χ4v) is 3.59. The minimum absolute atomic E-state index is 0.0574. The summed E-state index contributed by atoms with van der Waals surface area (Å²) in [5, 5.41) is 3.53. The largest absolute Gasteiger partial charge is 0.497 e. The number of piperazine rings is 1. The minimum atomic E-state index is -0.181. The highest BCUT2D eigenvalue weighted by atomic mass is 19.1. The molecule has 0 radical (unpaired) electrons. The van der Waals surface area contributed by atoms with Crippen LogP contribution in [-0.4, -0.2) is 44.7 Å². The molecule has 5 heteroatoms. The Morgan fingerprint density at radius 2 is 1.78 bits per heavy atom. The molecular formula is C22H30FN3O. The molecule has 0 bridgehead atoms. The molecule has 2 aromatic rings. The zero-order valence-corrected chi connectivity index (χ0v) is 16.5. The van der Waals surface area contributed by atoms with E-state index >= 15 is 0 Å². The van der Waals surface area contributed by atoms with Crippen LogP contribution in [0.25, 0.3) is 0 Å². The van der Waals surface area contributed by atoms with Crippen LogP contribution in [0.1, 0.15) is 31.0 Å². The molecule has 0 amide bonds. The van der Waals surface area contributed by atoms with E-state index in [0.717, 1.165) is 56.3 Å². The summed E-state index contributed by atoms with van der Waals surface area (Å²) in [7, 11) is 1.67. The number of ether oxygens (including phenoxy) is 1. The van der Waals surface area contributed by atoms with Crippen molar-refractivity contribution in [2.45, 2.75) is 26.4 Å². The summed E-state index contributed by atoms with van der Waals surface area (Å²) in [5.41, 5.74) is 3.34. The molecule has 3 rings (SSSR count). The zero-order valence-electron chi connectivity index (χ0n) is 16.5. The lowest BCUT2D eigenvalue weighted by molar-refractivity contribution is 0.271. The number of anilines is 1. The van der Waals surface area contributed by atoms with Gasteiger partial charge in [0, 0.05) is 44.5 Å². The molecule has 0 saturated carbocycles. The lowest BCUT2D eigenvalue weighted by atomic mass is 10.0. The second-order valence-corrected chi connectivity index (χ2v) is 7.08. The van der Waals surface area contributed by atoms with Gasteiger partial charge in [0.2, 0.25) is 0 Å². The van der Waals surface area contributed by atoms with Crippen molar-refractivity contribution in [3.63, 3.8) is 0 Å². The van der Waals surface area contributed by atoms with Crippen molar-refractivity contribution < 1.29 is 9.13 Å². The number of rotatable bonds is 7. The number of halogens is 1. The molecule has 0 spiro atoms. The Morgan fingerprint density at radius 3 is 2.41 bits per heavy atom. The summed E-state index contributed by atoms with van der Waals surface area (Å²) in [6, 6.07) is 13.3. The first-order valence-corrected chi connectivity index (χ1v) is 9.73. The van der Waals surface area contributed by atoms with Gasteiger partial charge in [-0.3, -0.25) is 0 Å². The van der Waals surface area contributed by atoms with Crippen molar-refractivity contribution >= 4 is 5.69 Å². The first-order valence-electron chi connectivity index (χ1n) is 9.73. The Balaban J connectivity index is 1.69. The fraction of sp³-hybridized carbons (Fsp3) is 0.455. The molecule has 1 unspecified atom stereocenters. The Labute approximate surface area is 161 Å². The van der Waals surface area contributed by atoms with Gasteiger partial charge in [-0.2, -0.15) is 0 Å². The van der Waals surface area contributed by atoms with Gasteiger partial charge in [-0.05, 0) is 54.9 Å². The van der Waals surface area contributed by atoms with Crippen LogP contribution in [0.5, 0.6) is 5.75 Å². The van der Waals surface area contributed by atoms with E-state index in [9.17, 15) is 4.39 Å². The minimum Gasteiger partial charge on any atom is -0.497 e. The fourth-order valence-electron chi connectivity index (χ4n) is 3.59. The number of benzene rings is 2. The maximum absolute atomic E-state index is 14.0. The van der Waals surface area contributed by atoms with E-state index in [1.165, 1.54) is 5.56 Å². The summed E-state index contributed by atoms with van der Waals surface area (Å²) in [6.07, 6.45) is 0. The highest BCUT2D eigenvalue weighted by Crippen LogP contribution is 2.28. The molecule has 2 aromatic carbocycles. The molecule has 0 aromatic heterocycles. The van der Waals surface area contributed by atoms with E-state index in [4.69, 9.17) is 4.74 Å². The van der Waals surface area contributed by atoms with Gasteiger partial charge < -0.3 is 19.9 Å². The van der Waals surface area contributed by atoms with Gasteiger partial charge in [0.1, 0.15) is 11.6 Å². The second kappa shape index (κ2) is 9.20. The molecule has 1 saturated heterocycles. The van der Waals surface area contributed by atoms with Gasteiger partial charge in [0.05, 0.1) is 7.11 Å². The van der Waals surface area contributed by atoms with E-state index in [1.54, 1.807) is 19.2 Å². The van der Waals surface area contributed by atoms with Gasteiger partial charge >= 0.3 is 0 Å². The number of nitrogens with zero attached hydrogens (tertiary/aromatic N) is 2. The van der Waals surface area contributed by atoms with E-state index in [-0.39, 0.29) is 11.9 Å². The summed E-state index contributed by atoms with van der Waals surface area (Å²) >= 11 is 0. The standard InChI is InChI=1S/C22H30FN3O/c1-4-25-11-13-26(14-12-25)22-10-7-19(23)15-21(22)17(2)24-16-18-5-8-20(27-3)9-6-18/h5-10,15,17,24H,4,11-14,16H2,1-3H3. The summed E-state index contributed by atoms with van der Waals surface area (Å²) in [5.74, 6) is 0.671. The Kier molecular flexibility index (Phi) is 6.69. The normalized spacial score (nSPS) is 16.4. The van der Waals surface area contributed by atoms with Crippen LogP contribution in [-0.2, 0) is 6.54 Å². The molecule has 1 N–H and O–H groups in total. The Hall–Kier alpha value is -2.11. The predicted octanol–water partition coefficient (Wildman–Crippen LogP) is 3.83. The van der Waals surface area contributed by atoms with Crippen LogP contribution >= 0.6 is 0 Å². The van der Waals surface area contributed by atoms with E-state index in [0.29, 0.717) is 0 Å². The van der Waals surface area contributed by atoms with Gasteiger partial charge in [-0.1, -0.05) is 19.1 Å². The average Bonchev–Trinajstić information content (AvgIpc) is 2.72. The van der Waals surface area contributed by atoms with Crippen molar-refractivity contribution in [1.82, 2.24) is 10.2 Å². The highest BCUT2D eigenvalue weighted by Gasteiger charge is 2.20. The predicted molar refractivity (Wildman–Crippen MR) is 109 cm³/mol. The Bertz CT molecular complexity index is 727. The van der Waals surface area contributed by atoms with E-state index in [2.05, 4.69) is 41.1 Å². The smallest absolute Gasteiger partial charge is 0.123 e. The quantitative estimate of drug-likeness (QED) is 0.801. The van der Waals surface area contributed by atoms with Gasteiger partial charge in [0.15, 0.2) is 0 Å². The van der Waals surface area contributed by atoms with Crippen LogP contribution in [0.15, 0.2) is 42.5 Å². The third-order valence-electron chi connectivity index (χ3n) is 5.39. The summed E-state index contributed by atoms with van der Waals surface area (Å²) < 4.78 is 19.2. The molecule has 1 atom stereocenters. The summed E-state index contributed by atoms with van der Waals surface area (Å²) in [6.45, 7) is 10.2. The van der Waals surface area contributed by atoms with Gasteiger partial charge in [-0.15, -0.1) is 0 Å². The summed E-state index contributed by atoms with van der Waals surface area (Å²) in [4.78, 5) is 4.83. The highest BCUT2D eigenvalue weighted by molar-refractivity contribution is 5.55. The number of likely N-dealkylation sites (N-methyl/N-ethyl adjacent to an activating group) is 1. The molecule has 146 valence electrons. The van der Waals surface area contributed by atoms with Crippen LogP contribution in [0.4, 0.5) is 10.1 Å². The van der Waals surface area contributed by atoms with Crippen LogP contribution < -0.4 is 15.0 Å². The van der Waals surface area contributed by atoms with Crippen molar-refractivity contribution in [2.24, 2.45) is 0 Å². The lowest BCUT2D eigenvalue weighted by Gasteiger charge is -2.37. The topological polar surface area (TPSA) is 27.7 Å². The molecule has 1 heterocycles. The van der Waals surface area contributed by atoms with Crippen LogP contribution in [0, 0.1) is 5.82 Å². The number of hydrogen-bond donors (Lipinski definition) is 1. The van der Waals surface area contributed by atoms with Crippen LogP contribution in [0.2, 0.25) is 0 Å². The number of hydrogen-bond acceptors (Lipinski definition) is 4. The zero-order chi connectivity index (χ0) is 19.2. The lowest BCUT2D eigenvalue weighted by Crippen LogP contribution is -2.46. The van der Waals surface area contributed by atoms with Gasteiger partial charge in [-0.25, -0.2) is 4.39 Å². The van der Waals surface area contributed by atoms with E-state index in [1.807, 2.05) is 18.2 Å². The number of methoxy groups -OCH3 is 1. The third-order valence-corrected chi connectivity index (χ3v) is 5.39. The first-order chi connectivity index (χ1) is 13.1. The van der Waals surface area contributed by atoms with Crippen molar-refractivity contribution in [3.05, 3.63) is 59.4 Å². The van der Waals surface area contributed by atoms with Crippen molar-refractivity contribution in [3.8, 4) is 5.75 Å². The third kappa shape index (κ3) is 4.99. The molecule has 0 aliphatic carbocycles. The molecule has 27 heavy (non-hydrogen) atoms. The first kappa shape index (κ1) is 19.6. The SMILES string of the molecule is CCN1CCN(c2ccc(F)cc2C(C)NCc2ccc(OC)cc2)CC1. The van der Waals surface area contributed by atoms with Crippen LogP contribution in [0.3, 0.4) is 0 Å². The Morgan fingerprint density at radius 1 is 1.07 bits per heavy atom. The maximum atomic E-state index is 14.0. The molecule has 1 fully saturated rings. The molecule has 1 aliphatic rings. The second-order valence-electron chi connectivity index (χ2n) is 7.08. The van der Waals surface area contributed by atoms with Crippen molar-refractivity contribution in [1.29, 1.82) is 0 Å². The molecule has 4 nitrogen and oxygen atoms in total. The average molecular weight is 372 g/mol. The molecular weight excluding hydrogens is 341 g/mol.